The van der Waals surface area contributed by atoms with Crippen molar-refractivity contribution < 1.29 is 4.74 Å². The molecule has 0 spiro atoms. The van der Waals surface area contributed by atoms with Gasteiger partial charge in [-0.25, -0.2) is 0 Å². The molecule has 1 heterocycles. The Bertz CT molecular complexity index is 510. The fourth-order valence-electron chi connectivity index (χ4n) is 2.36. The van der Waals surface area contributed by atoms with Gasteiger partial charge in [-0.2, -0.15) is 0 Å². The molecule has 1 aliphatic heterocycles. The summed E-state index contributed by atoms with van der Waals surface area (Å²) in [5.74, 6) is 0.664. The molecule has 0 bridgehead atoms. The largest absolute Gasteiger partial charge is 0.495 e. The highest BCUT2D eigenvalue weighted by Gasteiger charge is 2.21. The Balaban J connectivity index is 1.99. The summed E-state index contributed by atoms with van der Waals surface area (Å²) in [6.45, 7) is 7.41. The molecule has 0 amide bonds. The quantitative estimate of drug-likeness (QED) is 0.859. The zero-order valence-corrected chi connectivity index (χ0v) is 14.3. The van der Waals surface area contributed by atoms with Gasteiger partial charge in [-0.3, -0.25) is 4.90 Å². The van der Waals surface area contributed by atoms with E-state index in [9.17, 15) is 0 Å². The summed E-state index contributed by atoms with van der Waals surface area (Å²) in [5, 5.41) is 4.57. The summed E-state index contributed by atoms with van der Waals surface area (Å²) in [5.41, 5.74) is 0.882. The third-order valence-corrected chi connectivity index (χ3v) is 4.30. The van der Waals surface area contributed by atoms with Crippen molar-refractivity contribution in [2.75, 3.05) is 32.2 Å². The van der Waals surface area contributed by atoms with Crippen LogP contribution in [0.5, 0.6) is 5.75 Å². The summed E-state index contributed by atoms with van der Waals surface area (Å²) < 4.78 is 5.15. The first-order valence-electron chi connectivity index (χ1n) is 7.14. The molecule has 1 aromatic rings. The van der Waals surface area contributed by atoms with Crippen molar-refractivity contribution in [2.45, 2.75) is 26.3 Å². The standard InChI is InChI=1S/C15H22ClN3OS/c1-11(2)18-7-4-8-19(10-18)15(21)17-12-5-6-14(20-3)13(16)9-12/h5-6,9,11H,4,7-8,10H2,1-3H3,(H,17,21). The van der Waals surface area contributed by atoms with Gasteiger partial charge < -0.3 is 15.0 Å². The highest BCUT2D eigenvalue weighted by molar-refractivity contribution is 7.80. The van der Waals surface area contributed by atoms with Gasteiger partial charge in [-0.1, -0.05) is 11.6 Å². The Labute approximate surface area is 137 Å². The maximum absolute atomic E-state index is 6.13. The molecule has 0 aromatic heterocycles. The van der Waals surface area contributed by atoms with Gasteiger partial charge in [0.05, 0.1) is 18.8 Å². The Morgan fingerprint density at radius 3 is 2.76 bits per heavy atom. The van der Waals surface area contributed by atoms with Gasteiger partial charge >= 0.3 is 0 Å². The lowest BCUT2D eigenvalue weighted by atomic mass is 10.2. The molecule has 0 aliphatic carbocycles. The number of anilines is 1. The minimum absolute atomic E-state index is 0.533. The summed E-state index contributed by atoms with van der Waals surface area (Å²) in [6, 6.07) is 6.12. The Kier molecular flexibility index (Phi) is 5.67. The average Bonchev–Trinajstić information content (AvgIpc) is 2.47. The molecule has 1 aliphatic rings. The SMILES string of the molecule is COc1ccc(NC(=S)N2CCCN(C(C)C)C2)cc1Cl. The van der Waals surface area contributed by atoms with Gasteiger partial charge in [-0.15, -0.1) is 0 Å². The number of nitrogens with zero attached hydrogens (tertiary/aromatic N) is 2. The predicted molar refractivity (Wildman–Crippen MR) is 92.3 cm³/mol. The number of hydrogen-bond donors (Lipinski definition) is 1. The predicted octanol–water partition coefficient (Wildman–Crippen LogP) is 3.42. The number of benzene rings is 1. The minimum Gasteiger partial charge on any atom is -0.495 e. The fraction of sp³-hybridized carbons (Fsp3) is 0.533. The monoisotopic (exact) mass is 327 g/mol. The Morgan fingerprint density at radius 2 is 2.14 bits per heavy atom. The van der Waals surface area contributed by atoms with Crippen LogP contribution in [0.4, 0.5) is 5.69 Å². The number of ether oxygens (including phenoxy) is 1. The summed E-state index contributed by atoms with van der Waals surface area (Å²) in [6.07, 6.45) is 1.13. The van der Waals surface area contributed by atoms with E-state index in [1.54, 1.807) is 7.11 Å². The molecule has 1 aromatic carbocycles. The number of rotatable bonds is 3. The van der Waals surface area contributed by atoms with Crippen molar-refractivity contribution in [3.05, 3.63) is 23.2 Å². The lowest BCUT2D eigenvalue weighted by molar-refractivity contribution is 0.110. The van der Waals surface area contributed by atoms with Crippen molar-refractivity contribution in [2.24, 2.45) is 0 Å². The van der Waals surface area contributed by atoms with Crippen LogP contribution < -0.4 is 10.1 Å². The molecule has 0 saturated carbocycles. The highest BCUT2D eigenvalue weighted by atomic mass is 35.5. The molecule has 1 fully saturated rings. The molecule has 116 valence electrons. The smallest absolute Gasteiger partial charge is 0.174 e. The first-order chi connectivity index (χ1) is 10.0. The maximum atomic E-state index is 6.13. The molecule has 21 heavy (non-hydrogen) atoms. The lowest BCUT2D eigenvalue weighted by Crippen LogP contribution is -2.50. The maximum Gasteiger partial charge on any atom is 0.174 e. The van der Waals surface area contributed by atoms with Crippen LogP contribution in [0, 0.1) is 0 Å². The Hall–Kier alpha value is -1.04. The van der Waals surface area contributed by atoms with Gasteiger partial charge in [0.2, 0.25) is 0 Å². The number of halogens is 1. The van der Waals surface area contributed by atoms with E-state index in [0.717, 1.165) is 37.0 Å². The Morgan fingerprint density at radius 1 is 1.38 bits per heavy atom. The lowest BCUT2D eigenvalue weighted by Gasteiger charge is -2.39. The third kappa shape index (κ3) is 4.22. The topological polar surface area (TPSA) is 27.7 Å². The van der Waals surface area contributed by atoms with Crippen molar-refractivity contribution in [3.8, 4) is 5.75 Å². The van der Waals surface area contributed by atoms with Crippen LogP contribution in [-0.2, 0) is 0 Å². The van der Waals surface area contributed by atoms with E-state index in [1.165, 1.54) is 0 Å². The van der Waals surface area contributed by atoms with Gasteiger partial charge in [-0.05, 0) is 50.7 Å². The molecule has 2 rings (SSSR count). The van der Waals surface area contributed by atoms with Crippen molar-refractivity contribution >= 4 is 34.6 Å². The molecule has 1 N–H and O–H groups in total. The average molecular weight is 328 g/mol. The summed E-state index contributed by atoms with van der Waals surface area (Å²) in [7, 11) is 1.60. The second-order valence-electron chi connectivity index (χ2n) is 5.44. The fourth-order valence-corrected chi connectivity index (χ4v) is 2.88. The van der Waals surface area contributed by atoms with Crippen molar-refractivity contribution in [3.63, 3.8) is 0 Å². The number of methoxy groups -OCH3 is 1. The zero-order valence-electron chi connectivity index (χ0n) is 12.7. The molecule has 0 atom stereocenters. The third-order valence-electron chi connectivity index (χ3n) is 3.65. The van der Waals surface area contributed by atoms with Crippen molar-refractivity contribution in [1.29, 1.82) is 0 Å². The van der Waals surface area contributed by atoms with Crippen LogP contribution in [0.25, 0.3) is 0 Å². The van der Waals surface area contributed by atoms with Crippen LogP contribution in [-0.4, -0.2) is 47.8 Å². The molecule has 6 heteroatoms. The number of thiocarbonyl (C=S) groups is 1. The second-order valence-corrected chi connectivity index (χ2v) is 6.24. The molecule has 0 radical (unpaired) electrons. The van der Waals surface area contributed by atoms with Gasteiger partial charge in [0.1, 0.15) is 5.75 Å². The first kappa shape index (κ1) is 16.3. The summed E-state index contributed by atoms with van der Waals surface area (Å²) >= 11 is 11.6. The first-order valence-corrected chi connectivity index (χ1v) is 7.93. The van der Waals surface area contributed by atoms with Gasteiger partial charge in [0.25, 0.3) is 0 Å². The molecular weight excluding hydrogens is 306 g/mol. The van der Waals surface area contributed by atoms with E-state index in [0.29, 0.717) is 16.8 Å². The van der Waals surface area contributed by atoms with E-state index in [-0.39, 0.29) is 0 Å². The molecule has 4 nitrogen and oxygen atoms in total. The number of nitrogens with one attached hydrogen (secondary N) is 1. The molecule has 1 saturated heterocycles. The van der Waals surface area contributed by atoms with Crippen LogP contribution >= 0.6 is 23.8 Å². The van der Waals surface area contributed by atoms with E-state index in [1.807, 2.05) is 18.2 Å². The van der Waals surface area contributed by atoms with Crippen LogP contribution in [0.15, 0.2) is 18.2 Å². The normalized spacial score (nSPS) is 16.1. The van der Waals surface area contributed by atoms with E-state index in [2.05, 4.69) is 29.0 Å². The highest BCUT2D eigenvalue weighted by Crippen LogP contribution is 2.27. The molecular formula is C15H22ClN3OS. The van der Waals surface area contributed by atoms with E-state index in [4.69, 9.17) is 28.6 Å². The van der Waals surface area contributed by atoms with Gasteiger partial charge in [0.15, 0.2) is 5.11 Å². The van der Waals surface area contributed by atoms with E-state index < -0.39 is 0 Å². The second kappa shape index (κ2) is 7.29. The van der Waals surface area contributed by atoms with Gasteiger partial charge in [0, 0.05) is 24.8 Å². The van der Waals surface area contributed by atoms with Crippen LogP contribution in [0.2, 0.25) is 5.02 Å². The molecule has 0 unspecified atom stereocenters. The van der Waals surface area contributed by atoms with Crippen LogP contribution in [0.3, 0.4) is 0 Å². The summed E-state index contributed by atoms with van der Waals surface area (Å²) in [4.78, 5) is 4.61. The zero-order chi connectivity index (χ0) is 15.4. The van der Waals surface area contributed by atoms with Crippen LogP contribution in [0.1, 0.15) is 20.3 Å². The minimum atomic E-state index is 0.533. The number of hydrogen-bond acceptors (Lipinski definition) is 3. The van der Waals surface area contributed by atoms with Crippen molar-refractivity contribution in [1.82, 2.24) is 9.80 Å². The van der Waals surface area contributed by atoms with E-state index >= 15 is 0 Å².